The normalized spacial score (nSPS) is 12.7. The Morgan fingerprint density at radius 2 is 1.77 bits per heavy atom. The van der Waals surface area contributed by atoms with Crippen molar-refractivity contribution < 1.29 is 13.5 Å². The van der Waals surface area contributed by atoms with Crippen molar-refractivity contribution in [2.24, 2.45) is 0 Å². The van der Waals surface area contributed by atoms with Gasteiger partial charge in [0.1, 0.15) is 17.4 Å². The maximum atomic E-state index is 13.2. The van der Waals surface area contributed by atoms with Gasteiger partial charge in [-0.05, 0) is 6.92 Å². The number of ether oxygens (including phenoxy) is 1. The summed E-state index contributed by atoms with van der Waals surface area (Å²) in [5.41, 5.74) is 0.0285. The van der Waals surface area contributed by atoms with Crippen LogP contribution in [0.3, 0.4) is 0 Å². The van der Waals surface area contributed by atoms with Crippen LogP contribution in [0.25, 0.3) is 0 Å². The third-order valence-electron chi connectivity index (χ3n) is 1.69. The summed E-state index contributed by atoms with van der Waals surface area (Å²) in [5.74, 6) is -1.01. The van der Waals surface area contributed by atoms with Crippen LogP contribution in [-0.4, -0.2) is 7.11 Å². The van der Waals surface area contributed by atoms with E-state index in [0.29, 0.717) is 0 Å². The highest BCUT2D eigenvalue weighted by Crippen LogP contribution is 2.29. The first-order chi connectivity index (χ1) is 6.06. The Kier molecular flexibility index (Phi) is 3.25. The molecule has 4 heteroatoms. The van der Waals surface area contributed by atoms with E-state index in [1.54, 1.807) is 6.92 Å². The molecule has 72 valence electrons. The van der Waals surface area contributed by atoms with E-state index in [2.05, 4.69) is 15.9 Å². The van der Waals surface area contributed by atoms with Crippen LogP contribution in [-0.2, 0) is 0 Å². The van der Waals surface area contributed by atoms with Gasteiger partial charge in [0.2, 0.25) is 0 Å². The summed E-state index contributed by atoms with van der Waals surface area (Å²) < 4.78 is 31.1. The average Bonchev–Trinajstić information content (AvgIpc) is 2.02. The van der Waals surface area contributed by atoms with Gasteiger partial charge in [-0.15, -0.1) is 0 Å². The van der Waals surface area contributed by atoms with Gasteiger partial charge in [-0.1, -0.05) is 15.9 Å². The van der Waals surface area contributed by atoms with Crippen molar-refractivity contribution in [1.29, 1.82) is 0 Å². The number of hydrogen-bond donors (Lipinski definition) is 0. The molecule has 1 aromatic carbocycles. The van der Waals surface area contributed by atoms with Gasteiger partial charge < -0.3 is 4.74 Å². The minimum Gasteiger partial charge on any atom is -0.497 e. The van der Waals surface area contributed by atoms with Gasteiger partial charge in [0.15, 0.2) is 0 Å². The Labute approximate surface area is 83.8 Å². The minimum atomic E-state index is -0.596. The number of halogens is 3. The zero-order valence-corrected chi connectivity index (χ0v) is 8.86. The maximum absolute atomic E-state index is 13.2. The molecule has 1 aromatic rings. The lowest BCUT2D eigenvalue weighted by Gasteiger charge is -2.08. The van der Waals surface area contributed by atoms with Gasteiger partial charge in [0, 0.05) is 22.5 Å². The molecule has 0 spiro atoms. The third kappa shape index (κ3) is 2.18. The molecule has 0 heterocycles. The summed E-state index contributed by atoms with van der Waals surface area (Å²) in [6, 6.07) is 2.33. The number of alkyl halides is 1. The van der Waals surface area contributed by atoms with Crippen molar-refractivity contribution in [3.05, 3.63) is 29.3 Å². The van der Waals surface area contributed by atoms with Crippen LogP contribution < -0.4 is 4.74 Å². The summed E-state index contributed by atoms with van der Waals surface area (Å²) in [4.78, 5) is -0.349. The number of methoxy groups -OCH3 is 1. The van der Waals surface area contributed by atoms with Gasteiger partial charge in [-0.3, -0.25) is 0 Å². The van der Waals surface area contributed by atoms with E-state index in [1.807, 2.05) is 0 Å². The molecule has 0 saturated heterocycles. The van der Waals surface area contributed by atoms with Crippen LogP contribution in [0.2, 0.25) is 0 Å². The van der Waals surface area contributed by atoms with Crippen molar-refractivity contribution in [2.75, 3.05) is 7.11 Å². The monoisotopic (exact) mass is 250 g/mol. The van der Waals surface area contributed by atoms with E-state index in [4.69, 9.17) is 4.74 Å². The molecule has 1 nitrogen and oxygen atoms in total. The van der Waals surface area contributed by atoms with E-state index < -0.39 is 11.6 Å². The lowest BCUT2D eigenvalue weighted by Crippen LogP contribution is -1.97. The third-order valence-corrected chi connectivity index (χ3v) is 2.14. The second-order valence-corrected chi connectivity index (χ2v) is 3.99. The largest absolute Gasteiger partial charge is 0.497 e. The summed E-state index contributed by atoms with van der Waals surface area (Å²) in [5, 5.41) is 0. The fourth-order valence-corrected chi connectivity index (χ4v) is 1.50. The van der Waals surface area contributed by atoms with Gasteiger partial charge in [0.05, 0.1) is 7.11 Å². The van der Waals surface area contributed by atoms with Crippen molar-refractivity contribution in [3.63, 3.8) is 0 Å². The maximum Gasteiger partial charge on any atom is 0.134 e. The van der Waals surface area contributed by atoms with E-state index in [-0.39, 0.29) is 16.1 Å². The Hall–Kier alpha value is -0.640. The number of benzene rings is 1. The topological polar surface area (TPSA) is 9.23 Å². The molecule has 0 aliphatic rings. The first-order valence-corrected chi connectivity index (χ1v) is 4.64. The second-order valence-electron chi connectivity index (χ2n) is 2.62. The summed E-state index contributed by atoms with van der Waals surface area (Å²) in [6.45, 7) is 1.66. The Morgan fingerprint density at radius 1 is 1.31 bits per heavy atom. The van der Waals surface area contributed by atoms with Gasteiger partial charge >= 0.3 is 0 Å². The zero-order chi connectivity index (χ0) is 10.0. The molecule has 0 aliphatic heterocycles. The van der Waals surface area contributed by atoms with Crippen LogP contribution in [0, 0.1) is 11.6 Å². The van der Waals surface area contributed by atoms with E-state index in [0.717, 1.165) is 12.1 Å². The number of rotatable bonds is 2. The van der Waals surface area contributed by atoms with Crippen molar-refractivity contribution >= 4 is 15.9 Å². The van der Waals surface area contributed by atoms with Crippen molar-refractivity contribution in [1.82, 2.24) is 0 Å². The minimum absolute atomic E-state index is 0.0285. The fraction of sp³-hybridized carbons (Fsp3) is 0.333. The van der Waals surface area contributed by atoms with Crippen LogP contribution in [0.5, 0.6) is 5.75 Å². The zero-order valence-electron chi connectivity index (χ0n) is 7.27. The Balaban J connectivity index is 3.23. The first-order valence-electron chi connectivity index (χ1n) is 3.73. The molecule has 0 N–H and O–H groups in total. The molecule has 0 amide bonds. The molecule has 1 rings (SSSR count). The van der Waals surface area contributed by atoms with Crippen LogP contribution in [0.1, 0.15) is 17.3 Å². The molecule has 0 aliphatic carbocycles. The molecular weight excluding hydrogens is 242 g/mol. The number of hydrogen-bond acceptors (Lipinski definition) is 1. The lowest BCUT2D eigenvalue weighted by molar-refractivity contribution is 0.405. The van der Waals surface area contributed by atoms with Crippen molar-refractivity contribution in [2.45, 2.75) is 11.8 Å². The lowest BCUT2D eigenvalue weighted by atomic mass is 10.1. The quantitative estimate of drug-likeness (QED) is 0.731. The molecule has 0 bridgehead atoms. The smallest absolute Gasteiger partial charge is 0.134 e. The molecule has 0 radical (unpaired) electrons. The van der Waals surface area contributed by atoms with Crippen LogP contribution >= 0.6 is 15.9 Å². The Morgan fingerprint density at radius 3 is 2.08 bits per heavy atom. The van der Waals surface area contributed by atoms with Crippen molar-refractivity contribution in [3.8, 4) is 5.75 Å². The summed E-state index contributed by atoms with van der Waals surface area (Å²) in [7, 11) is 1.37. The van der Waals surface area contributed by atoms with Gasteiger partial charge in [-0.2, -0.15) is 0 Å². The predicted molar refractivity (Wildman–Crippen MR) is 50.3 cm³/mol. The molecule has 0 aromatic heterocycles. The molecular formula is C9H9BrF2O. The molecule has 0 fully saturated rings. The summed E-state index contributed by atoms with van der Waals surface area (Å²) >= 11 is 3.11. The SMILES string of the molecule is COc1cc(F)c(C(C)Br)c(F)c1. The van der Waals surface area contributed by atoms with Gasteiger partial charge in [0.25, 0.3) is 0 Å². The average molecular weight is 251 g/mol. The fourth-order valence-electron chi connectivity index (χ4n) is 1.06. The first kappa shape index (κ1) is 10.4. The highest BCUT2D eigenvalue weighted by molar-refractivity contribution is 9.09. The molecule has 1 unspecified atom stereocenters. The van der Waals surface area contributed by atoms with E-state index in [9.17, 15) is 8.78 Å². The highest BCUT2D eigenvalue weighted by atomic mass is 79.9. The highest BCUT2D eigenvalue weighted by Gasteiger charge is 2.15. The Bertz CT molecular complexity index is 289. The standard InChI is InChI=1S/C9H9BrF2O/c1-5(10)9-7(11)3-6(13-2)4-8(9)12/h3-5H,1-2H3. The molecule has 0 saturated carbocycles. The molecule has 13 heavy (non-hydrogen) atoms. The summed E-state index contributed by atoms with van der Waals surface area (Å²) in [6.07, 6.45) is 0. The van der Waals surface area contributed by atoms with Gasteiger partial charge in [-0.25, -0.2) is 8.78 Å². The predicted octanol–water partition coefficient (Wildman–Crippen LogP) is 3.43. The van der Waals surface area contributed by atoms with E-state index in [1.165, 1.54) is 7.11 Å². The molecule has 1 atom stereocenters. The second kappa shape index (κ2) is 4.05. The van der Waals surface area contributed by atoms with E-state index >= 15 is 0 Å². The van der Waals surface area contributed by atoms with Crippen LogP contribution in [0.4, 0.5) is 8.78 Å². The van der Waals surface area contributed by atoms with Crippen LogP contribution in [0.15, 0.2) is 12.1 Å².